The van der Waals surface area contributed by atoms with Crippen molar-refractivity contribution in [3.8, 4) is 0 Å². The van der Waals surface area contributed by atoms with Crippen LogP contribution in [-0.2, 0) is 28.7 Å². The molecule has 0 aliphatic carbocycles. The van der Waals surface area contributed by atoms with E-state index < -0.39 is 34.5 Å². The number of hydrogen-bond donors (Lipinski definition) is 1. The Bertz CT molecular complexity index is 680. The summed E-state index contributed by atoms with van der Waals surface area (Å²) in [5.41, 5.74) is -2.84. The molecule has 1 aliphatic heterocycles. The van der Waals surface area contributed by atoms with Crippen LogP contribution in [0.1, 0.15) is 119 Å². The first-order valence-corrected chi connectivity index (χ1v) is 13.1. The van der Waals surface area contributed by atoms with Gasteiger partial charge in [0, 0.05) is 25.9 Å². The van der Waals surface area contributed by atoms with Crippen molar-refractivity contribution in [2.75, 3.05) is 13.1 Å². The van der Waals surface area contributed by atoms with Gasteiger partial charge < -0.3 is 19.5 Å². The lowest BCUT2D eigenvalue weighted by Gasteiger charge is -2.40. The third-order valence-corrected chi connectivity index (χ3v) is 6.08. The highest BCUT2D eigenvalue weighted by atomic mass is 16.6. The van der Waals surface area contributed by atoms with Gasteiger partial charge in [0.1, 0.15) is 11.2 Å². The zero-order valence-corrected chi connectivity index (χ0v) is 22.7. The van der Waals surface area contributed by atoms with Crippen molar-refractivity contribution in [1.82, 2.24) is 4.90 Å². The second-order valence-corrected chi connectivity index (χ2v) is 11.7. The standard InChI is InChI=1S/C27H47NO7/c1-25(2,3)34-23(32)27(24(33)35-26(4,5)6)17-19-28(20-18-27)21(29)15-13-11-9-7-8-10-12-14-16-22(30)31/h7-20H2,1-6H3,(H,30,31). The lowest BCUT2D eigenvalue weighted by molar-refractivity contribution is -0.190. The number of carbonyl (C=O) groups excluding carboxylic acids is 3. The first kappa shape index (κ1) is 30.9. The van der Waals surface area contributed by atoms with Crippen molar-refractivity contribution in [1.29, 1.82) is 0 Å². The van der Waals surface area contributed by atoms with E-state index >= 15 is 0 Å². The molecule has 8 heteroatoms. The zero-order valence-electron chi connectivity index (χ0n) is 22.7. The van der Waals surface area contributed by atoms with Crippen LogP contribution in [0.3, 0.4) is 0 Å². The van der Waals surface area contributed by atoms with Gasteiger partial charge in [-0.15, -0.1) is 0 Å². The van der Waals surface area contributed by atoms with Gasteiger partial charge in [0.15, 0.2) is 5.41 Å². The number of hydrogen-bond acceptors (Lipinski definition) is 6. The largest absolute Gasteiger partial charge is 0.481 e. The van der Waals surface area contributed by atoms with Crippen molar-refractivity contribution < 1.29 is 33.8 Å². The molecule has 35 heavy (non-hydrogen) atoms. The first-order valence-electron chi connectivity index (χ1n) is 13.1. The Balaban J connectivity index is 2.47. The van der Waals surface area contributed by atoms with Crippen LogP contribution in [0.15, 0.2) is 0 Å². The Morgan fingerprint density at radius 3 is 1.43 bits per heavy atom. The van der Waals surface area contributed by atoms with E-state index in [9.17, 15) is 19.2 Å². The number of carboxylic acids is 1. The van der Waals surface area contributed by atoms with E-state index in [-0.39, 0.29) is 25.2 Å². The van der Waals surface area contributed by atoms with Gasteiger partial charge in [-0.2, -0.15) is 0 Å². The van der Waals surface area contributed by atoms with Crippen LogP contribution in [0.4, 0.5) is 0 Å². The van der Waals surface area contributed by atoms with Gasteiger partial charge in [0.2, 0.25) is 5.91 Å². The van der Waals surface area contributed by atoms with Crippen LogP contribution >= 0.6 is 0 Å². The molecule has 0 unspecified atom stereocenters. The minimum atomic E-state index is -1.39. The maximum atomic E-state index is 13.1. The molecule has 1 fully saturated rings. The summed E-state index contributed by atoms with van der Waals surface area (Å²) in [7, 11) is 0. The smallest absolute Gasteiger partial charge is 0.324 e. The highest BCUT2D eigenvalue weighted by molar-refractivity contribution is 6.00. The molecule has 0 aromatic rings. The fourth-order valence-corrected chi connectivity index (χ4v) is 4.15. The Morgan fingerprint density at radius 2 is 1.06 bits per heavy atom. The Hall–Kier alpha value is -2.12. The lowest BCUT2D eigenvalue weighted by atomic mass is 9.77. The van der Waals surface area contributed by atoms with Gasteiger partial charge in [-0.05, 0) is 67.2 Å². The summed E-state index contributed by atoms with van der Waals surface area (Å²) in [4.78, 5) is 51.1. The van der Waals surface area contributed by atoms with Gasteiger partial charge >= 0.3 is 17.9 Å². The second-order valence-electron chi connectivity index (χ2n) is 11.7. The molecule has 1 rings (SSSR count). The monoisotopic (exact) mass is 497 g/mol. The molecule has 1 aliphatic rings. The van der Waals surface area contributed by atoms with Crippen molar-refractivity contribution in [3.05, 3.63) is 0 Å². The van der Waals surface area contributed by atoms with Crippen LogP contribution in [-0.4, -0.2) is 58.1 Å². The summed E-state index contributed by atoms with van der Waals surface area (Å²) >= 11 is 0. The maximum absolute atomic E-state index is 13.1. The Kier molecular flexibility index (Phi) is 12.2. The molecule has 0 radical (unpaired) electrons. The number of nitrogens with zero attached hydrogens (tertiary/aromatic N) is 1. The fraction of sp³-hybridized carbons (Fsp3) is 0.852. The second kappa shape index (κ2) is 13.8. The quantitative estimate of drug-likeness (QED) is 0.210. The van der Waals surface area contributed by atoms with E-state index in [0.29, 0.717) is 19.5 Å². The molecule has 8 nitrogen and oxygen atoms in total. The van der Waals surface area contributed by atoms with E-state index in [2.05, 4.69) is 0 Å². The minimum Gasteiger partial charge on any atom is -0.481 e. The van der Waals surface area contributed by atoms with Crippen LogP contribution in [0.2, 0.25) is 0 Å². The normalized spacial score (nSPS) is 16.0. The van der Waals surface area contributed by atoms with E-state index in [1.54, 1.807) is 46.4 Å². The third-order valence-electron chi connectivity index (χ3n) is 6.08. The topological polar surface area (TPSA) is 110 Å². The number of rotatable bonds is 13. The van der Waals surface area contributed by atoms with E-state index in [1.807, 2.05) is 0 Å². The van der Waals surface area contributed by atoms with Crippen LogP contribution in [0.25, 0.3) is 0 Å². The summed E-state index contributed by atoms with van der Waals surface area (Å²) in [6.45, 7) is 11.3. The zero-order chi connectivity index (χ0) is 26.7. The molecular formula is C27H47NO7. The summed E-state index contributed by atoms with van der Waals surface area (Å²) in [6.07, 6.45) is 8.90. The lowest BCUT2D eigenvalue weighted by Crippen LogP contribution is -2.53. The predicted molar refractivity (Wildman–Crippen MR) is 134 cm³/mol. The van der Waals surface area contributed by atoms with Gasteiger partial charge in [0.25, 0.3) is 0 Å². The van der Waals surface area contributed by atoms with E-state index in [1.165, 1.54) is 0 Å². The maximum Gasteiger partial charge on any atom is 0.324 e. The molecule has 1 amide bonds. The minimum absolute atomic E-state index is 0.0562. The number of likely N-dealkylation sites (tertiary alicyclic amines) is 1. The number of unbranched alkanes of at least 4 members (excludes halogenated alkanes) is 7. The van der Waals surface area contributed by atoms with Gasteiger partial charge in [-0.1, -0.05) is 38.5 Å². The summed E-state index contributed by atoms with van der Waals surface area (Å²) in [5.74, 6) is -1.83. The molecule has 0 aromatic carbocycles. The Morgan fingerprint density at radius 1 is 0.686 bits per heavy atom. The van der Waals surface area contributed by atoms with Crippen molar-refractivity contribution >= 4 is 23.8 Å². The molecule has 0 aromatic heterocycles. The number of carbonyl (C=O) groups is 4. The predicted octanol–water partition coefficient (Wildman–Crippen LogP) is 5.26. The van der Waals surface area contributed by atoms with Gasteiger partial charge in [0.05, 0.1) is 0 Å². The van der Waals surface area contributed by atoms with Crippen molar-refractivity contribution in [2.24, 2.45) is 5.41 Å². The van der Waals surface area contributed by atoms with Crippen LogP contribution in [0, 0.1) is 5.41 Å². The SMILES string of the molecule is CC(C)(C)OC(=O)C1(C(=O)OC(C)(C)C)CCN(C(=O)CCCCCCCCCCC(=O)O)CC1. The number of esters is 2. The van der Waals surface area contributed by atoms with Crippen LogP contribution in [0.5, 0.6) is 0 Å². The highest BCUT2D eigenvalue weighted by Gasteiger charge is 2.53. The summed E-state index contributed by atoms with van der Waals surface area (Å²) in [6, 6.07) is 0. The number of ether oxygens (including phenoxy) is 2. The van der Waals surface area contributed by atoms with Gasteiger partial charge in [-0.25, -0.2) is 0 Å². The van der Waals surface area contributed by atoms with Crippen LogP contribution < -0.4 is 0 Å². The van der Waals surface area contributed by atoms with E-state index in [0.717, 1.165) is 51.4 Å². The third kappa shape index (κ3) is 11.9. The average Bonchev–Trinajstić information content (AvgIpc) is 2.72. The highest BCUT2D eigenvalue weighted by Crippen LogP contribution is 2.37. The molecule has 1 heterocycles. The number of piperidine rings is 1. The molecule has 0 bridgehead atoms. The van der Waals surface area contributed by atoms with Crippen molar-refractivity contribution in [3.63, 3.8) is 0 Å². The fourth-order valence-electron chi connectivity index (χ4n) is 4.15. The molecule has 0 saturated carbocycles. The summed E-state index contributed by atoms with van der Waals surface area (Å²) in [5, 5.41) is 8.64. The first-order chi connectivity index (χ1) is 16.2. The van der Waals surface area contributed by atoms with Crippen molar-refractivity contribution in [2.45, 2.75) is 130 Å². The molecule has 202 valence electrons. The van der Waals surface area contributed by atoms with Gasteiger partial charge in [-0.3, -0.25) is 19.2 Å². The average molecular weight is 498 g/mol. The molecule has 1 saturated heterocycles. The number of carboxylic acid groups (broad SMARTS) is 1. The molecule has 0 spiro atoms. The molecule has 0 atom stereocenters. The number of amides is 1. The summed E-state index contributed by atoms with van der Waals surface area (Å²) < 4.78 is 11.2. The number of aliphatic carboxylic acids is 1. The molecule has 1 N–H and O–H groups in total. The Labute approximate surface area is 211 Å². The van der Waals surface area contributed by atoms with E-state index in [4.69, 9.17) is 14.6 Å². The molecular weight excluding hydrogens is 450 g/mol.